The van der Waals surface area contributed by atoms with Gasteiger partial charge in [-0.1, -0.05) is 48.0 Å². The van der Waals surface area contributed by atoms with Gasteiger partial charge in [0.1, 0.15) is 6.79 Å². The number of aryl methyl sites for hydroxylation is 1. The van der Waals surface area contributed by atoms with Crippen molar-refractivity contribution >= 4 is 16.2 Å². The molecule has 2 aromatic carbocycles. The maximum atomic E-state index is 12.3. The van der Waals surface area contributed by atoms with Crippen LogP contribution in [0, 0.1) is 17.8 Å². The molecule has 29 heavy (non-hydrogen) atoms. The molecule has 2 bridgehead atoms. The van der Waals surface area contributed by atoms with Gasteiger partial charge in [0.25, 0.3) is 10.0 Å². The monoisotopic (exact) mass is 414 g/mol. The normalized spacial score (nSPS) is 25.4. The van der Waals surface area contributed by atoms with Gasteiger partial charge in [0, 0.05) is 11.6 Å². The van der Waals surface area contributed by atoms with E-state index in [1.165, 1.54) is 0 Å². The van der Waals surface area contributed by atoms with E-state index in [2.05, 4.69) is 9.93 Å². The van der Waals surface area contributed by atoms with Gasteiger partial charge in [0.15, 0.2) is 0 Å². The highest BCUT2D eigenvalue weighted by atomic mass is 32.2. The first-order valence-electron chi connectivity index (χ1n) is 9.73. The largest absolute Gasteiger partial charge is 0.355 e. The Hall–Kier alpha value is -2.22. The van der Waals surface area contributed by atoms with E-state index in [0.29, 0.717) is 13.2 Å². The Morgan fingerprint density at radius 1 is 1.03 bits per heavy atom. The predicted molar refractivity (Wildman–Crippen MR) is 111 cm³/mol. The van der Waals surface area contributed by atoms with Crippen molar-refractivity contribution in [2.45, 2.75) is 37.7 Å². The summed E-state index contributed by atoms with van der Waals surface area (Å²) in [7, 11) is -3.61. The lowest BCUT2D eigenvalue weighted by Crippen LogP contribution is -2.64. The van der Waals surface area contributed by atoms with Gasteiger partial charge in [-0.05, 0) is 49.3 Å². The summed E-state index contributed by atoms with van der Waals surface area (Å²) in [6, 6.07) is 16.7. The topological polar surface area (TPSA) is 77.0 Å². The highest BCUT2D eigenvalue weighted by Gasteiger charge is 2.67. The van der Waals surface area contributed by atoms with Crippen LogP contribution in [0.3, 0.4) is 0 Å². The van der Waals surface area contributed by atoms with Crippen LogP contribution in [0.4, 0.5) is 0 Å². The molecule has 1 N–H and O–H groups in total. The number of rotatable bonds is 10. The molecule has 0 saturated heterocycles. The van der Waals surface area contributed by atoms with Crippen molar-refractivity contribution in [2.24, 2.45) is 15.9 Å². The molecule has 0 spiro atoms. The molecule has 0 aromatic heterocycles. The molecule has 0 heterocycles. The second kappa shape index (κ2) is 7.89. The van der Waals surface area contributed by atoms with Crippen LogP contribution in [-0.4, -0.2) is 28.0 Å². The zero-order valence-corrected chi connectivity index (χ0v) is 17.3. The van der Waals surface area contributed by atoms with Gasteiger partial charge in [-0.15, -0.1) is 0 Å². The number of hydrogen-bond donors (Lipinski definition) is 1. The molecule has 5 rings (SSSR count). The minimum atomic E-state index is -3.61. The summed E-state index contributed by atoms with van der Waals surface area (Å²) in [5.41, 5.74) is 2.37. The number of benzene rings is 2. The average Bonchev–Trinajstić information content (AvgIpc) is 2.65. The van der Waals surface area contributed by atoms with E-state index in [0.717, 1.165) is 30.4 Å². The van der Waals surface area contributed by atoms with Gasteiger partial charge in [0.05, 0.1) is 18.1 Å². The molecule has 3 fully saturated rings. The Balaban J connectivity index is 1.16. The van der Waals surface area contributed by atoms with Crippen LogP contribution >= 0.6 is 0 Å². The summed E-state index contributed by atoms with van der Waals surface area (Å²) in [6.07, 6.45) is 4.70. The molecule has 0 atom stereocenters. The first-order chi connectivity index (χ1) is 13.9. The molecular formula is C22H26N2O4S. The average molecular weight is 415 g/mol. The van der Waals surface area contributed by atoms with Gasteiger partial charge in [-0.3, -0.25) is 0 Å². The second-order valence-electron chi connectivity index (χ2n) is 8.36. The van der Waals surface area contributed by atoms with Crippen LogP contribution in [0.5, 0.6) is 0 Å². The number of sulfonamides is 1. The number of ether oxygens (including phenoxy) is 2. The van der Waals surface area contributed by atoms with E-state index in [1.807, 2.05) is 37.3 Å². The molecular weight excluding hydrogens is 388 g/mol. The van der Waals surface area contributed by atoms with Gasteiger partial charge in [-0.2, -0.15) is 13.5 Å². The van der Waals surface area contributed by atoms with E-state index in [4.69, 9.17) is 9.47 Å². The Kier molecular flexibility index (Phi) is 5.46. The van der Waals surface area contributed by atoms with Crippen molar-refractivity contribution in [1.82, 2.24) is 4.83 Å². The van der Waals surface area contributed by atoms with Crippen molar-refractivity contribution in [3.63, 3.8) is 0 Å². The van der Waals surface area contributed by atoms with Crippen LogP contribution in [0.25, 0.3) is 0 Å². The van der Waals surface area contributed by atoms with Gasteiger partial charge in [-0.25, -0.2) is 4.83 Å². The Morgan fingerprint density at radius 3 is 2.41 bits per heavy atom. The zero-order chi connectivity index (χ0) is 20.4. The van der Waals surface area contributed by atoms with Crippen LogP contribution in [0.1, 0.15) is 30.4 Å². The van der Waals surface area contributed by atoms with Gasteiger partial charge in [0.2, 0.25) is 0 Å². The number of hydrazone groups is 1. The molecule has 0 amide bonds. The second-order valence-corrected chi connectivity index (χ2v) is 10.0. The van der Waals surface area contributed by atoms with Gasteiger partial charge < -0.3 is 9.47 Å². The predicted octanol–water partition coefficient (Wildman–Crippen LogP) is 3.62. The van der Waals surface area contributed by atoms with E-state index in [-0.39, 0.29) is 22.5 Å². The van der Waals surface area contributed by atoms with Crippen LogP contribution in [-0.2, 0) is 26.1 Å². The fraction of sp³-hybridized carbons (Fsp3) is 0.409. The summed E-state index contributed by atoms with van der Waals surface area (Å²) in [5, 5.41) is 4.02. The van der Waals surface area contributed by atoms with Crippen molar-refractivity contribution in [2.75, 3.05) is 13.4 Å². The SMILES string of the molecule is Cc1ccc(S(=O)(=O)NN=CC23CC(COCOCc4ccccc4)(C2)C3)cc1. The molecule has 3 saturated carbocycles. The first-order valence-corrected chi connectivity index (χ1v) is 11.2. The number of hydrogen-bond acceptors (Lipinski definition) is 5. The number of nitrogens with zero attached hydrogens (tertiary/aromatic N) is 1. The van der Waals surface area contributed by atoms with Gasteiger partial charge >= 0.3 is 0 Å². The third-order valence-corrected chi connectivity index (χ3v) is 6.95. The molecule has 7 heteroatoms. The molecule has 0 aliphatic heterocycles. The minimum Gasteiger partial charge on any atom is -0.355 e. The fourth-order valence-electron chi connectivity index (χ4n) is 4.43. The maximum absolute atomic E-state index is 12.3. The molecule has 6 nitrogen and oxygen atoms in total. The van der Waals surface area contributed by atoms with Crippen molar-refractivity contribution < 1.29 is 17.9 Å². The van der Waals surface area contributed by atoms with Crippen LogP contribution < -0.4 is 4.83 Å². The summed E-state index contributed by atoms with van der Waals surface area (Å²) in [5.74, 6) is 0. The maximum Gasteiger partial charge on any atom is 0.276 e. The van der Waals surface area contributed by atoms with Crippen molar-refractivity contribution in [1.29, 1.82) is 0 Å². The number of nitrogens with one attached hydrogen (secondary N) is 1. The zero-order valence-electron chi connectivity index (χ0n) is 16.5. The quantitative estimate of drug-likeness (QED) is 0.279. The fourth-order valence-corrected chi connectivity index (χ4v) is 5.22. The summed E-state index contributed by atoms with van der Waals surface area (Å²) in [6.45, 7) is 3.42. The van der Waals surface area contributed by atoms with E-state index in [1.54, 1.807) is 30.5 Å². The Bertz CT molecular complexity index is 952. The lowest BCUT2D eigenvalue weighted by atomic mass is 9.36. The van der Waals surface area contributed by atoms with Crippen LogP contribution in [0.15, 0.2) is 64.6 Å². The Labute approximate surface area is 172 Å². The molecule has 3 aliphatic rings. The third kappa shape index (κ3) is 4.52. The summed E-state index contributed by atoms with van der Waals surface area (Å²) in [4.78, 5) is 2.54. The highest BCUT2D eigenvalue weighted by Crippen LogP contribution is 2.72. The molecule has 2 aromatic rings. The molecule has 154 valence electrons. The molecule has 0 radical (unpaired) electrons. The molecule has 0 unspecified atom stereocenters. The Morgan fingerprint density at radius 2 is 1.72 bits per heavy atom. The smallest absolute Gasteiger partial charge is 0.276 e. The summed E-state index contributed by atoms with van der Waals surface area (Å²) < 4.78 is 35.8. The summed E-state index contributed by atoms with van der Waals surface area (Å²) >= 11 is 0. The first kappa shape index (κ1) is 20.1. The lowest BCUT2D eigenvalue weighted by molar-refractivity contribution is -0.207. The van der Waals surface area contributed by atoms with Crippen molar-refractivity contribution in [3.05, 3.63) is 65.7 Å². The third-order valence-electron chi connectivity index (χ3n) is 5.71. The minimum absolute atomic E-state index is 0.0179. The van der Waals surface area contributed by atoms with Crippen molar-refractivity contribution in [3.8, 4) is 0 Å². The van der Waals surface area contributed by atoms with E-state index < -0.39 is 10.0 Å². The van der Waals surface area contributed by atoms with Crippen LogP contribution in [0.2, 0.25) is 0 Å². The molecule has 3 aliphatic carbocycles. The highest BCUT2D eigenvalue weighted by molar-refractivity contribution is 7.89. The van der Waals surface area contributed by atoms with E-state index >= 15 is 0 Å². The van der Waals surface area contributed by atoms with E-state index in [9.17, 15) is 8.42 Å². The standard InChI is InChI=1S/C22H26N2O4S/c1-18-7-9-20(10-8-18)29(25,26)24-23-15-21-12-22(13-21,14-21)16-28-17-27-11-19-5-3-2-4-6-19/h2-10,15,24H,11-14,16-17H2,1H3. The lowest BCUT2D eigenvalue weighted by Gasteiger charge is -2.69.